The number of likely N-dealkylation sites (tertiary alicyclic amines) is 1. The van der Waals surface area contributed by atoms with E-state index in [-0.39, 0.29) is 34.8 Å². The van der Waals surface area contributed by atoms with Gasteiger partial charge < -0.3 is 9.80 Å². The van der Waals surface area contributed by atoms with Crippen LogP contribution in [0.25, 0.3) is 0 Å². The van der Waals surface area contributed by atoms with Gasteiger partial charge in [-0.1, -0.05) is 0 Å². The highest BCUT2D eigenvalue weighted by Crippen LogP contribution is 2.44. The first kappa shape index (κ1) is 18.8. The van der Waals surface area contributed by atoms with E-state index in [4.69, 9.17) is 0 Å². The molecule has 0 spiro atoms. The van der Waals surface area contributed by atoms with Crippen molar-refractivity contribution in [2.75, 3.05) is 18.0 Å². The number of piperidine rings is 1. The van der Waals surface area contributed by atoms with Gasteiger partial charge in [-0.05, 0) is 75.1 Å². The molecule has 0 aliphatic carbocycles. The van der Waals surface area contributed by atoms with E-state index in [1.165, 1.54) is 18.2 Å². The Morgan fingerprint density at radius 1 is 1.04 bits per heavy atom. The summed E-state index contributed by atoms with van der Waals surface area (Å²) in [6.45, 7) is 5.45. The van der Waals surface area contributed by atoms with Crippen LogP contribution in [0, 0.1) is 23.4 Å². The molecule has 0 saturated carbocycles. The number of halogens is 3. The van der Waals surface area contributed by atoms with Gasteiger partial charge in [-0.3, -0.25) is 4.79 Å². The van der Waals surface area contributed by atoms with Crippen LogP contribution >= 0.6 is 0 Å². The fourth-order valence-corrected chi connectivity index (χ4v) is 4.89. The third-order valence-corrected chi connectivity index (χ3v) is 6.00. The molecule has 0 bridgehead atoms. The van der Waals surface area contributed by atoms with E-state index in [0.717, 1.165) is 30.7 Å². The Morgan fingerprint density at radius 3 is 2.43 bits per heavy atom. The van der Waals surface area contributed by atoms with Gasteiger partial charge in [-0.2, -0.15) is 0 Å². The summed E-state index contributed by atoms with van der Waals surface area (Å²) in [5.74, 6) is -2.23. The second kappa shape index (κ2) is 6.83. The zero-order valence-corrected chi connectivity index (χ0v) is 16.0. The van der Waals surface area contributed by atoms with Crippen LogP contribution in [0.2, 0.25) is 0 Å². The Balaban J connectivity index is 1.54. The third kappa shape index (κ3) is 3.25. The van der Waals surface area contributed by atoms with E-state index in [9.17, 15) is 18.0 Å². The molecule has 2 aromatic carbocycles. The van der Waals surface area contributed by atoms with Crippen molar-refractivity contribution in [3.63, 3.8) is 0 Å². The highest BCUT2D eigenvalue weighted by atomic mass is 19.2. The van der Waals surface area contributed by atoms with Crippen LogP contribution in [0.15, 0.2) is 42.5 Å². The van der Waals surface area contributed by atoms with E-state index >= 15 is 0 Å². The van der Waals surface area contributed by atoms with Gasteiger partial charge >= 0.3 is 0 Å². The quantitative estimate of drug-likeness (QED) is 0.749. The standard InChI is InChI=1S/C22H23F3N2O/c1-22(2)12-15-13-26(21(28)14-3-8-18(24)19(25)11-14)10-9-20(15)27(22)17-6-4-16(23)5-7-17/h3-8,11,15,20H,9-10,12-13H2,1-2H3/t15-,20+/m1/s1. The lowest BCUT2D eigenvalue weighted by atomic mass is 9.89. The van der Waals surface area contributed by atoms with Crippen LogP contribution in [0.3, 0.4) is 0 Å². The molecule has 4 rings (SSSR count). The van der Waals surface area contributed by atoms with E-state index in [1.54, 1.807) is 17.0 Å². The minimum Gasteiger partial charge on any atom is -0.363 e. The minimum atomic E-state index is -1.01. The Labute approximate surface area is 162 Å². The number of carbonyl (C=O) groups is 1. The van der Waals surface area contributed by atoms with Gasteiger partial charge in [0.25, 0.3) is 5.91 Å². The summed E-state index contributed by atoms with van der Waals surface area (Å²) >= 11 is 0. The zero-order valence-electron chi connectivity index (χ0n) is 16.0. The molecule has 6 heteroatoms. The number of hydrogen-bond donors (Lipinski definition) is 0. The molecule has 2 aliphatic rings. The molecule has 28 heavy (non-hydrogen) atoms. The Kier molecular flexibility index (Phi) is 4.60. The molecular weight excluding hydrogens is 365 g/mol. The van der Waals surface area contributed by atoms with Gasteiger partial charge in [0, 0.05) is 35.9 Å². The predicted molar refractivity (Wildman–Crippen MR) is 102 cm³/mol. The molecule has 148 valence electrons. The molecule has 1 amide bonds. The molecule has 2 aromatic rings. The Hall–Kier alpha value is -2.50. The number of carbonyl (C=O) groups excluding carboxylic acids is 1. The lowest BCUT2D eigenvalue weighted by Gasteiger charge is -2.42. The second-order valence-corrected chi connectivity index (χ2v) is 8.36. The van der Waals surface area contributed by atoms with Crippen molar-refractivity contribution in [2.45, 2.75) is 38.3 Å². The molecule has 0 unspecified atom stereocenters. The average molecular weight is 388 g/mol. The fraction of sp³-hybridized carbons (Fsp3) is 0.409. The summed E-state index contributed by atoms with van der Waals surface area (Å²) in [7, 11) is 0. The third-order valence-electron chi connectivity index (χ3n) is 6.00. The zero-order chi connectivity index (χ0) is 20.1. The largest absolute Gasteiger partial charge is 0.363 e. The number of anilines is 1. The number of amides is 1. The van der Waals surface area contributed by atoms with Crippen molar-refractivity contribution in [3.05, 3.63) is 65.5 Å². The molecule has 2 saturated heterocycles. The maximum atomic E-state index is 13.5. The predicted octanol–water partition coefficient (Wildman–Crippen LogP) is 4.62. The lowest BCUT2D eigenvalue weighted by molar-refractivity contribution is 0.0667. The van der Waals surface area contributed by atoms with Crippen molar-refractivity contribution in [3.8, 4) is 0 Å². The lowest BCUT2D eigenvalue weighted by Crippen LogP contribution is -2.50. The van der Waals surface area contributed by atoms with E-state index in [1.807, 2.05) is 0 Å². The monoisotopic (exact) mass is 388 g/mol. The van der Waals surface area contributed by atoms with Gasteiger partial charge in [0.2, 0.25) is 0 Å². The van der Waals surface area contributed by atoms with Gasteiger partial charge in [0.1, 0.15) is 5.82 Å². The van der Waals surface area contributed by atoms with Crippen LogP contribution in [0.4, 0.5) is 18.9 Å². The maximum absolute atomic E-state index is 13.5. The highest BCUT2D eigenvalue weighted by molar-refractivity contribution is 5.94. The van der Waals surface area contributed by atoms with E-state index < -0.39 is 11.6 Å². The first-order valence-electron chi connectivity index (χ1n) is 9.55. The van der Waals surface area contributed by atoms with Crippen molar-refractivity contribution < 1.29 is 18.0 Å². The molecule has 2 atom stereocenters. The van der Waals surface area contributed by atoms with Crippen LogP contribution in [-0.4, -0.2) is 35.5 Å². The summed E-state index contributed by atoms with van der Waals surface area (Å²) in [6, 6.07) is 10.1. The van der Waals surface area contributed by atoms with Crippen molar-refractivity contribution in [1.82, 2.24) is 4.90 Å². The van der Waals surface area contributed by atoms with Crippen LogP contribution in [0.1, 0.15) is 37.0 Å². The van der Waals surface area contributed by atoms with Gasteiger partial charge in [-0.15, -0.1) is 0 Å². The minimum absolute atomic E-state index is 0.117. The maximum Gasteiger partial charge on any atom is 0.253 e. The van der Waals surface area contributed by atoms with Gasteiger partial charge in [-0.25, -0.2) is 13.2 Å². The first-order valence-corrected chi connectivity index (χ1v) is 9.55. The van der Waals surface area contributed by atoms with Crippen LogP contribution < -0.4 is 4.90 Å². The topological polar surface area (TPSA) is 23.6 Å². The fourth-order valence-electron chi connectivity index (χ4n) is 4.89. The summed E-state index contributed by atoms with van der Waals surface area (Å²) in [4.78, 5) is 16.9. The Morgan fingerprint density at radius 2 is 1.75 bits per heavy atom. The van der Waals surface area contributed by atoms with Crippen LogP contribution in [0.5, 0.6) is 0 Å². The molecule has 0 radical (unpaired) electrons. The SMILES string of the molecule is CC1(C)C[C@@H]2CN(C(=O)c3ccc(F)c(F)c3)CC[C@@H]2N1c1ccc(F)cc1. The van der Waals surface area contributed by atoms with Gasteiger partial charge in [0.05, 0.1) is 0 Å². The molecule has 2 heterocycles. The normalized spacial score (nSPS) is 23.6. The number of nitrogens with zero attached hydrogens (tertiary/aromatic N) is 2. The first-order chi connectivity index (χ1) is 13.3. The van der Waals surface area contributed by atoms with Crippen molar-refractivity contribution in [1.29, 1.82) is 0 Å². The Bertz CT molecular complexity index is 897. The number of benzene rings is 2. The molecular formula is C22H23F3N2O. The number of hydrogen-bond acceptors (Lipinski definition) is 2. The molecule has 0 N–H and O–H groups in total. The molecule has 0 aromatic heterocycles. The second-order valence-electron chi connectivity index (χ2n) is 8.36. The van der Waals surface area contributed by atoms with E-state index in [0.29, 0.717) is 13.1 Å². The summed E-state index contributed by atoms with van der Waals surface area (Å²) in [5, 5.41) is 0. The smallest absolute Gasteiger partial charge is 0.253 e. The highest BCUT2D eigenvalue weighted by Gasteiger charge is 2.48. The molecule has 2 aliphatic heterocycles. The van der Waals surface area contributed by atoms with Crippen molar-refractivity contribution in [2.24, 2.45) is 5.92 Å². The van der Waals surface area contributed by atoms with Gasteiger partial charge in [0.15, 0.2) is 11.6 Å². The number of rotatable bonds is 2. The summed E-state index contributed by atoms with van der Waals surface area (Å²) in [5.41, 5.74) is 1.04. The molecule has 2 fully saturated rings. The van der Waals surface area contributed by atoms with Crippen LogP contribution in [-0.2, 0) is 0 Å². The summed E-state index contributed by atoms with van der Waals surface area (Å²) in [6.07, 6.45) is 1.68. The van der Waals surface area contributed by atoms with E-state index in [2.05, 4.69) is 18.7 Å². The average Bonchev–Trinajstić information content (AvgIpc) is 2.93. The summed E-state index contributed by atoms with van der Waals surface area (Å²) < 4.78 is 40.0. The molecule has 3 nitrogen and oxygen atoms in total. The number of fused-ring (bicyclic) bond motifs is 1. The van der Waals surface area contributed by atoms with Crippen molar-refractivity contribution >= 4 is 11.6 Å².